The highest BCUT2D eigenvalue weighted by molar-refractivity contribution is 7.07. The van der Waals surface area contributed by atoms with E-state index in [0.717, 1.165) is 5.56 Å². The number of carbonyl (C=O) groups is 1. The quantitative estimate of drug-likeness (QED) is 0.748. The molecule has 0 radical (unpaired) electrons. The lowest BCUT2D eigenvalue weighted by molar-refractivity contribution is -0.144. The molecule has 5 nitrogen and oxygen atoms in total. The number of carboxylic acid groups (broad SMARTS) is 1. The molecule has 0 fully saturated rings. The molecule has 0 saturated carbocycles. The molecule has 2 unspecified atom stereocenters. The molecule has 1 aliphatic carbocycles. The molecule has 7 heteroatoms. The molecule has 0 amide bonds. The first-order chi connectivity index (χ1) is 13.0. The van der Waals surface area contributed by atoms with Crippen molar-refractivity contribution in [1.29, 1.82) is 5.26 Å². The number of ether oxygens (including phenoxy) is 2. The molecule has 1 aromatic heterocycles. The molecule has 3 rings (SSSR count). The van der Waals surface area contributed by atoms with Gasteiger partial charge in [-0.15, -0.1) is 0 Å². The minimum Gasteiger partial charge on any atom is -0.489 e. The zero-order chi connectivity index (χ0) is 19.3. The number of nitriles is 1. The van der Waals surface area contributed by atoms with E-state index >= 15 is 0 Å². The maximum absolute atomic E-state index is 11.0. The molecule has 27 heavy (non-hydrogen) atoms. The van der Waals surface area contributed by atoms with Gasteiger partial charge in [0.2, 0.25) is 0 Å². The van der Waals surface area contributed by atoms with E-state index in [2.05, 4.69) is 6.07 Å². The van der Waals surface area contributed by atoms with Gasteiger partial charge in [0.25, 0.3) is 0 Å². The average Bonchev–Trinajstić information content (AvgIpc) is 3.19. The lowest BCUT2D eigenvalue weighted by Crippen LogP contribution is -2.40. The molecule has 138 valence electrons. The van der Waals surface area contributed by atoms with E-state index in [4.69, 9.17) is 26.2 Å². The summed E-state index contributed by atoms with van der Waals surface area (Å²) in [4.78, 5) is 11.0. The van der Waals surface area contributed by atoms with E-state index in [1.807, 2.05) is 16.8 Å². The normalized spacial score (nSPS) is 21.3. The highest BCUT2D eigenvalue weighted by Gasteiger charge is 2.42. The lowest BCUT2D eigenvalue weighted by atomic mass is 9.74. The molecule has 2 atom stereocenters. The first-order valence-electron chi connectivity index (χ1n) is 8.10. The van der Waals surface area contributed by atoms with Crippen LogP contribution in [0, 0.1) is 11.3 Å². The van der Waals surface area contributed by atoms with Crippen molar-refractivity contribution in [2.75, 3.05) is 6.61 Å². The Kier molecular flexibility index (Phi) is 5.97. The predicted molar refractivity (Wildman–Crippen MR) is 102 cm³/mol. The fourth-order valence-electron chi connectivity index (χ4n) is 2.82. The van der Waals surface area contributed by atoms with E-state index in [9.17, 15) is 10.1 Å². The van der Waals surface area contributed by atoms with Gasteiger partial charge in [0.15, 0.2) is 0 Å². The minimum atomic E-state index is -1.25. The summed E-state index contributed by atoms with van der Waals surface area (Å²) in [6.45, 7) is -0.169. The maximum atomic E-state index is 11.0. The Balaban J connectivity index is 1.91. The Morgan fingerprint density at radius 3 is 2.85 bits per heavy atom. The summed E-state index contributed by atoms with van der Waals surface area (Å²) in [5.41, 5.74) is 0.331. The second-order valence-corrected chi connectivity index (χ2v) is 7.10. The van der Waals surface area contributed by atoms with Crippen molar-refractivity contribution >= 4 is 28.9 Å². The third kappa shape index (κ3) is 4.22. The van der Waals surface area contributed by atoms with Crippen molar-refractivity contribution in [2.45, 2.75) is 18.1 Å². The molecule has 1 N–H and O–H groups in total. The fourth-order valence-corrected chi connectivity index (χ4v) is 3.77. The van der Waals surface area contributed by atoms with Crippen LogP contribution >= 0.6 is 22.9 Å². The van der Waals surface area contributed by atoms with E-state index < -0.39 is 24.1 Å². The van der Waals surface area contributed by atoms with Crippen molar-refractivity contribution in [2.24, 2.45) is 0 Å². The second-order valence-electron chi connectivity index (χ2n) is 5.91. The highest BCUT2D eigenvalue weighted by atomic mass is 35.5. The molecule has 0 aliphatic heterocycles. The molecule has 1 heterocycles. The number of rotatable bonds is 7. The number of nitrogens with zero attached hydrogens (tertiary/aromatic N) is 1. The minimum absolute atomic E-state index is 0.372. The van der Waals surface area contributed by atoms with E-state index in [1.54, 1.807) is 53.8 Å². The molecule has 2 aromatic rings. The van der Waals surface area contributed by atoms with Crippen molar-refractivity contribution in [3.8, 4) is 6.07 Å². The topological polar surface area (TPSA) is 79.5 Å². The van der Waals surface area contributed by atoms with Crippen LogP contribution in [0.2, 0.25) is 5.02 Å². The number of benzene rings is 1. The summed E-state index contributed by atoms with van der Waals surface area (Å²) in [5, 5.41) is 23.3. The molecule has 0 bridgehead atoms. The van der Waals surface area contributed by atoms with Crippen molar-refractivity contribution in [3.05, 3.63) is 81.2 Å². The summed E-state index contributed by atoms with van der Waals surface area (Å²) in [7, 11) is 0. The van der Waals surface area contributed by atoms with Gasteiger partial charge >= 0.3 is 5.97 Å². The summed E-state index contributed by atoms with van der Waals surface area (Å²) < 4.78 is 11.3. The van der Waals surface area contributed by atoms with Gasteiger partial charge in [-0.1, -0.05) is 35.9 Å². The van der Waals surface area contributed by atoms with Crippen LogP contribution in [0.3, 0.4) is 0 Å². The monoisotopic (exact) mass is 401 g/mol. The van der Waals surface area contributed by atoms with Gasteiger partial charge in [0.05, 0.1) is 6.07 Å². The van der Waals surface area contributed by atoms with Gasteiger partial charge in [0, 0.05) is 5.02 Å². The van der Waals surface area contributed by atoms with Crippen LogP contribution in [0.25, 0.3) is 0 Å². The Morgan fingerprint density at radius 1 is 1.37 bits per heavy atom. The number of aliphatic carboxylic acids is 1. The van der Waals surface area contributed by atoms with E-state index in [-0.39, 0.29) is 0 Å². The van der Waals surface area contributed by atoms with Crippen molar-refractivity contribution in [1.82, 2.24) is 0 Å². The third-order valence-corrected chi connectivity index (χ3v) is 5.21. The number of hydrogen-bond acceptors (Lipinski definition) is 5. The van der Waals surface area contributed by atoms with E-state index in [0.29, 0.717) is 23.0 Å². The molecule has 0 saturated heterocycles. The number of hydrogen-bond donors (Lipinski definition) is 1. The number of thiophene rings is 1. The zero-order valence-electron chi connectivity index (χ0n) is 14.2. The number of carboxylic acids is 1. The van der Waals surface area contributed by atoms with Gasteiger partial charge in [-0.25, -0.2) is 4.79 Å². The summed E-state index contributed by atoms with van der Waals surface area (Å²) in [6, 6.07) is 11.2. The lowest BCUT2D eigenvalue weighted by Gasteiger charge is -2.34. The van der Waals surface area contributed by atoms with Crippen molar-refractivity contribution < 1.29 is 19.4 Å². The molecular weight excluding hydrogens is 386 g/mol. The van der Waals surface area contributed by atoms with Gasteiger partial charge in [-0.05, 0) is 46.2 Å². The van der Waals surface area contributed by atoms with Crippen LogP contribution in [0.15, 0.2) is 65.1 Å². The van der Waals surface area contributed by atoms with Gasteiger partial charge in [-0.2, -0.15) is 16.6 Å². The molecular formula is C20H16ClNO4S. The van der Waals surface area contributed by atoms with Gasteiger partial charge in [0.1, 0.15) is 30.5 Å². The smallest absolute Gasteiger partial charge is 0.329 e. The largest absolute Gasteiger partial charge is 0.489 e. The zero-order valence-corrected chi connectivity index (χ0v) is 15.7. The van der Waals surface area contributed by atoms with Crippen molar-refractivity contribution in [3.63, 3.8) is 0 Å². The Labute approximate surface area is 165 Å². The summed E-state index contributed by atoms with van der Waals surface area (Å²) in [6.07, 6.45) is 4.12. The SMILES string of the molecule is N#CC1(c2ccccc2Cl)C=CC(OCc2ccsc2)=CC1OCC(=O)O. The van der Waals surface area contributed by atoms with Crippen LogP contribution in [0.1, 0.15) is 11.1 Å². The second kappa shape index (κ2) is 8.40. The molecule has 1 aromatic carbocycles. The standard InChI is InChI=1S/C20H16ClNO4S/c21-17-4-2-1-3-16(17)20(13-22)7-5-15(9-18(20)26-11-19(23)24)25-10-14-6-8-27-12-14/h1-9,12,18H,10-11H2,(H,23,24). The number of allylic oxidation sites excluding steroid dienone is 1. The maximum Gasteiger partial charge on any atom is 0.329 e. The average molecular weight is 402 g/mol. The van der Waals surface area contributed by atoms with Crippen LogP contribution < -0.4 is 0 Å². The first kappa shape index (κ1) is 19.2. The van der Waals surface area contributed by atoms with Crippen LogP contribution in [0.5, 0.6) is 0 Å². The third-order valence-electron chi connectivity index (χ3n) is 4.15. The first-order valence-corrected chi connectivity index (χ1v) is 9.42. The number of halogens is 1. The van der Waals surface area contributed by atoms with Gasteiger partial charge < -0.3 is 14.6 Å². The summed E-state index contributed by atoms with van der Waals surface area (Å²) >= 11 is 7.89. The van der Waals surface area contributed by atoms with E-state index in [1.165, 1.54) is 0 Å². The molecule has 0 spiro atoms. The Morgan fingerprint density at radius 2 is 2.19 bits per heavy atom. The summed E-state index contributed by atoms with van der Waals surface area (Å²) in [5.74, 6) is -0.612. The van der Waals surface area contributed by atoms with Gasteiger partial charge in [-0.3, -0.25) is 0 Å². The van der Waals surface area contributed by atoms with Crippen LogP contribution in [-0.4, -0.2) is 23.8 Å². The predicted octanol–water partition coefficient (Wildman–Crippen LogP) is 4.30. The molecule has 1 aliphatic rings. The van der Waals surface area contributed by atoms with Crippen LogP contribution in [0.4, 0.5) is 0 Å². The Bertz CT molecular complexity index is 916. The fraction of sp³-hybridized carbons (Fsp3) is 0.200. The van der Waals surface area contributed by atoms with Crippen LogP contribution in [-0.2, 0) is 26.3 Å². The highest BCUT2D eigenvalue weighted by Crippen LogP contribution is 2.39. The Hall–Kier alpha value is -2.59.